The van der Waals surface area contributed by atoms with Gasteiger partial charge in [-0.15, -0.1) is 0 Å². The maximum atomic E-state index is 12.6. The van der Waals surface area contributed by atoms with Gasteiger partial charge in [0.15, 0.2) is 0 Å². The SMILES string of the molecule is Cc1noc(C)c1CCC(=O)N1CCN(Cc2nc(N)c3ccccc3n2)CC1. The summed E-state index contributed by atoms with van der Waals surface area (Å²) < 4.78 is 5.18. The van der Waals surface area contributed by atoms with Gasteiger partial charge < -0.3 is 15.2 Å². The lowest BCUT2D eigenvalue weighted by Crippen LogP contribution is -2.48. The number of carbonyl (C=O) groups excluding carboxylic acids is 1. The van der Waals surface area contributed by atoms with Gasteiger partial charge in [-0.3, -0.25) is 9.69 Å². The first-order valence-electron chi connectivity index (χ1n) is 9.94. The molecule has 1 aromatic carbocycles. The van der Waals surface area contributed by atoms with Crippen molar-refractivity contribution in [1.29, 1.82) is 0 Å². The average Bonchev–Trinajstić information content (AvgIpc) is 3.04. The normalized spacial score (nSPS) is 15.2. The lowest BCUT2D eigenvalue weighted by atomic mass is 10.1. The van der Waals surface area contributed by atoms with E-state index in [1.165, 1.54) is 0 Å². The number of aryl methyl sites for hydroxylation is 2. The van der Waals surface area contributed by atoms with E-state index in [1.54, 1.807) is 0 Å². The fourth-order valence-electron chi connectivity index (χ4n) is 3.83. The Bertz CT molecular complexity index is 1000. The van der Waals surface area contributed by atoms with Gasteiger partial charge in [-0.25, -0.2) is 9.97 Å². The van der Waals surface area contributed by atoms with Crippen molar-refractivity contribution in [3.05, 3.63) is 47.1 Å². The zero-order valence-corrected chi connectivity index (χ0v) is 16.9. The summed E-state index contributed by atoms with van der Waals surface area (Å²) in [6, 6.07) is 7.77. The number of para-hydroxylation sites is 1. The molecule has 8 nitrogen and oxygen atoms in total. The van der Waals surface area contributed by atoms with Gasteiger partial charge in [-0.05, 0) is 32.4 Å². The van der Waals surface area contributed by atoms with Crippen LogP contribution < -0.4 is 5.73 Å². The molecule has 0 saturated carbocycles. The van der Waals surface area contributed by atoms with Crippen molar-refractivity contribution >= 4 is 22.6 Å². The molecule has 1 aliphatic rings. The Morgan fingerprint density at radius 3 is 2.62 bits per heavy atom. The molecule has 0 atom stereocenters. The van der Waals surface area contributed by atoms with Crippen LogP contribution in [0.5, 0.6) is 0 Å². The van der Waals surface area contributed by atoms with Crippen molar-refractivity contribution in [1.82, 2.24) is 24.9 Å². The van der Waals surface area contributed by atoms with Gasteiger partial charge in [0.05, 0.1) is 17.8 Å². The Morgan fingerprint density at radius 1 is 1.14 bits per heavy atom. The molecular weight excluding hydrogens is 368 g/mol. The van der Waals surface area contributed by atoms with Gasteiger partial charge in [0.1, 0.15) is 17.4 Å². The second-order valence-corrected chi connectivity index (χ2v) is 7.50. The number of hydrogen-bond acceptors (Lipinski definition) is 7. The van der Waals surface area contributed by atoms with E-state index >= 15 is 0 Å². The Morgan fingerprint density at radius 2 is 1.90 bits per heavy atom. The zero-order chi connectivity index (χ0) is 20.4. The summed E-state index contributed by atoms with van der Waals surface area (Å²) in [5, 5.41) is 4.83. The largest absolute Gasteiger partial charge is 0.383 e. The maximum Gasteiger partial charge on any atom is 0.222 e. The van der Waals surface area contributed by atoms with E-state index in [1.807, 2.05) is 43.0 Å². The highest BCUT2D eigenvalue weighted by Gasteiger charge is 2.22. The molecule has 0 unspecified atom stereocenters. The summed E-state index contributed by atoms with van der Waals surface area (Å²) in [6.45, 7) is 7.46. The quantitative estimate of drug-likeness (QED) is 0.707. The number of anilines is 1. The predicted molar refractivity (Wildman–Crippen MR) is 110 cm³/mol. The second-order valence-electron chi connectivity index (χ2n) is 7.50. The molecule has 1 aliphatic heterocycles. The summed E-state index contributed by atoms with van der Waals surface area (Å²) in [7, 11) is 0. The van der Waals surface area contributed by atoms with Crippen LogP contribution in [0, 0.1) is 13.8 Å². The van der Waals surface area contributed by atoms with E-state index in [0.29, 0.717) is 38.3 Å². The minimum atomic E-state index is 0.177. The number of fused-ring (bicyclic) bond motifs is 1. The van der Waals surface area contributed by atoms with E-state index in [-0.39, 0.29) is 5.91 Å². The number of aromatic nitrogens is 3. The van der Waals surface area contributed by atoms with Crippen LogP contribution >= 0.6 is 0 Å². The third kappa shape index (κ3) is 4.22. The Kier molecular flexibility index (Phi) is 5.44. The van der Waals surface area contributed by atoms with Crippen LogP contribution in [0.25, 0.3) is 10.9 Å². The molecule has 1 amide bonds. The highest BCUT2D eigenvalue weighted by atomic mass is 16.5. The molecule has 152 valence electrons. The van der Waals surface area contributed by atoms with E-state index in [9.17, 15) is 4.79 Å². The van der Waals surface area contributed by atoms with Crippen molar-refractivity contribution in [3.8, 4) is 0 Å². The lowest BCUT2D eigenvalue weighted by molar-refractivity contribution is -0.133. The predicted octanol–water partition coefficient (Wildman–Crippen LogP) is 2.09. The molecule has 1 saturated heterocycles. The fraction of sp³-hybridized carbons (Fsp3) is 0.429. The molecule has 8 heteroatoms. The highest BCUT2D eigenvalue weighted by Crippen LogP contribution is 2.19. The Labute approximate surface area is 169 Å². The number of piperazine rings is 1. The topological polar surface area (TPSA) is 101 Å². The minimum absolute atomic E-state index is 0.177. The third-order valence-corrected chi connectivity index (χ3v) is 5.54. The molecule has 2 N–H and O–H groups in total. The van der Waals surface area contributed by atoms with Crippen molar-refractivity contribution in [2.24, 2.45) is 0 Å². The molecule has 0 radical (unpaired) electrons. The fourth-order valence-corrected chi connectivity index (χ4v) is 3.83. The maximum absolute atomic E-state index is 12.6. The van der Waals surface area contributed by atoms with Gasteiger partial charge in [0.2, 0.25) is 5.91 Å². The second kappa shape index (κ2) is 8.16. The van der Waals surface area contributed by atoms with Crippen LogP contribution in [0.2, 0.25) is 0 Å². The monoisotopic (exact) mass is 394 g/mol. The van der Waals surface area contributed by atoms with Gasteiger partial charge in [-0.2, -0.15) is 0 Å². The lowest BCUT2D eigenvalue weighted by Gasteiger charge is -2.34. The van der Waals surface area contributed by atoms with Crippen molar-refractivity contribution < 1.29 is 9.32 Å². The zero-order valence-electron chi connectivity index (χ0n) is 16.9. The first-order chi connectivity index (χ1) is 14.0. The molecule has 2 aromatic heterocycles. The van der Waals surface area contributed by atoms with Crippen LogP contribution in [-0.2, 0) is 17.8 Å². The minimum Gasteiger partial charge on any atom is -0.383 e. The van der Waals surface area contributed by atoms with Gasteiger partial charge in [0.25, 0.3) is 0 Å². The Balaban J connectivity index is 1.31. The smallest absolute Gasteiger partial charge is 0.222 e. The summed E-state index contributed by atoms with van der Waals surface area (Å²) >= 11 is 0. The molecule has 0 bridgehead atoms. The molecular formula is C21H26N6O2. The summed E-state index contributed by atoms with van der Waals surface area (Å²) in [6.07, 6.45) is 1.15. The van der Waals surface area contributed by atoms with Crippen molar-refractivity contribution in [2.45, 2.75) is 33.2 Å². The van der Waals surface area contributed by atoms with Crippen LogP contribution in [0.3, 0.4) is 0 Å². The third-order valence-electron chi connectivity index (χ3n) is 5.54. The molecule has 3 aromatic rings. The average molecular weight is 394 g/mol. The van der Waals surface area contributed by atoms with Crippen molar-refractivity contribution in [2.75, 3.05) is 31.9 Å². The van der Waals surface area contributed by atoms with Gasteiger partial charge in [-0.1, -0.05) is 17.3 Å². The number of carbonyl (C=O) groups is 1. The molecule has 0 aliphatic carbocycles. The number of nitrogen functional groups attached to an aromatic ring is 1. The molecule has 4 rings (SSSR count). The number of benzene rings is 1. The first-order valence-corrected chi connectivity index (χ1v) is 9.94. The molecule has 29 heavy (non-hydrogen) atoms. The Hall–Kier alpha value is -3.00. The first kappa shape index (κ1) is 19.3. The number of hydrogen-bond donors (Lipinski definition) is 1. The number of amides is 1. The number of nitrogens with two attached hydrogens (primary N) is 1. The van der Waals surface area contributed by atoms with E-state index in [0.717, 1.165) is 46.8 Å². The highest BCUT2D eigenvalue weighted by molar-refractivity contribution is 5.87. The molecule has 3 heterocycles. The van der Waals surface area contributed by atoms with Gasteiger partial charge in [0, 0.05) is 43.5 Å². The van der Waals surface area contributed by atoms with Crippen LogP contribution in [0.15, 0.2) is 28.8 Å². The van der Waals surface area contributed by atoms with E-state index in [4.69, 9.17) is 10.3 Å². The van der Waals surface area contributed by atoms with Crippen molar-refractivity contribution in [3.63, 3.8) is 0 Å². The molecule has 1 fully saturated rings. The molecule has 0 spiro atoms. The van der Waals surface area contributed by atoms with Crippen LogP contribution in [0.4, 0.5) is 5.82 Å². The van der Waals surface area contributed by atoms with Gasteiger partial charge >= 0.3 is 0 Å². The van der Waals surface area contributed by atoms with Crippen LogP contribution in [-0.4, -0.2) is 57.0 Å². The van der Waals surface area contributed by atoms with E-state index < -0.39 is 0 Å². The summed E-state index contributed by atoms with van der Waals surface area (Å²) in [5.74, 6) is 2.21. The standard InChI is InChI=1S/C21H26N6O2/c1-14-16(15(2)29-25-14)7-8-20(28)27-11-9-26(10-12-27)13-19-23-18-6-4-3-5-17(18)21(22)24-19/h3-6H,7-13H2,1-2H3,(H2,22,23,24). The van der Waals surface area contributed by atoms with Crippen LogP contribution in [0.1, 0.15) is 29.3 Å². The number of nitrogens with zero attached hydrogens (tertiary/aromatic N) is 5. The number of rotatable bonds is 5. The van der Waals surface area contributed by atoms with E-state index in [2.05, 4.69) is 20.0 Å². The summed E-state index contributed by atoms with van der Waals surface area (Å²) in [5.41, 5.74) is 8.86. The summed E-state index contributed by atoms with van der Waals surface area (Å²) in [4.78, 5) is 25.9.